The zero-order chi connectivity index (χ0) is 39.9. The monoisotopic (exact) mass is 769 g/mol. The van der Waals surface area contributed by atoms with E-state index in [4.69, 9.17) is 24.7 Å². The third-order valence-corrected chi connectivity index (χ3v) is 8.97. The number of anilines is 1. The standard InChI is InChI=1S/C43H55N5O8/c1-53-38-21-17-36(18-22-38)43(34-10-4-2-5-11-34,35-12-6-3-7-13-35)46-24-9-8-14-39(42(52)47-37-19-15-33(30-49)16-20-37)48-41(51)32-56-31-40(50)45-25-27-55-29-28-54-26-23-44/h2-7,10-13,15-22,39,46,49H,8-9,14,23-32,44H2,1H3,(H,45,50)(H,47,52)(H,48,51)/t39-/m0/s1. The summed E-state index contributed by atoms with van der Waals surface area (Å²) in [5.74, 6) is -0.560. The molecule has 13 heteroatoms. The van der Waals surface area contributed by atoms with Gasteiger partial charge < -0.3 is 45.7 Å². The highest BCUT2D eigenvalue weighted by molar-refractivity contribution is 5.97. The lowest BCUT2D eigenvalue weighted by Gasteiger charge is -2.37. The summed E-state index contributed by atoms with van der Waals surface area (Å²) in [6.07, 6.45) is 1.63. The molecule has 0 bridgehead atoms. The maximum atomic E-state index is 13.5. The van der Waals surface area contributed by atoms with Gasteiger partial charge in [-0.05, 0) is 72.3 Å². The molecular weight excluding hydrogens is 714 g/mol. The van der Waals surface area contributed by atoms with Gasteiger partial charge in [0.2, 0.25) is 17.7 Å². The van der Waals surface area contributed by atoms with Crippen LogP contribution in [0.3, 0.4) is 0 Å². The molecule has 0 saturated carbocycles. The minimum absolute atomic E-state index is 0.119. The van der Waals surface area contributed by atoms with Crippen molar-refractivity contribution in [3.63, 3.8) is 0 Å². The lowest BCUT2D eigenvalue weighted by molar-refractivity contribution is -0.133. The molecule has 13 nitrogen and oxygen atoms in total. The quantitative estimate of drug-likeness (QED) is 0.0409. The fraction of sp³-hybridized carbons (Fsp3) is 0.372. The number of amides is 3. The number of nitrogens with one attached hydrogen (secondary N) is 4. The van der Waals surface area contributed by atoms with Crippen LogP contribution in [0.1, 0.15) is 41.5 Å². The Kier molecular flexibility index (Phi) is 19.0. The normalized spacial score (nSPS) is 11.8. The first kappa shape index (κ1) is 43.6. The maximum Gasteiger partial charge on any atom is 0.246 e. The molecule has 4 rings (SSSR count). The fourth-order valence-corrected chi connectivity index (χ4v) is 6.16. The minimum atomic E-state index is -0.877. The van der Waals surface area contributed by atoms with Gasteiger partial charge in [-0.1, -0.05) is 84.9 Å². The first-order valence-corrected chi connectivity index (χ1v) is 18.9. The van der Waals surface area contributed by atoms with Gasteiger partial charge in [0.15, 0.2) is 0 Å². The Morgan fingerprint density at radius 3 is 1.91 bits per heavy atom. The van der Waals surface area contributed by atoms with Crippen LogP contribution < -0.4 is 31.7 Å². The molecule has 4 aromatic rings. The molecule has 0 aliphatic carbocycles. The molecule has 7 N–H and O–H groups in total. The van der Waals surface area contributed by atoms with Gasteiger partial charge in [-0.3, -0.25) is 19.7 Å². The van der Waals surface area contributed by atoms with Crippen LogP contribution in [-0.4, -0.2) is 95.3 Å². The summed E-state index contributed by atoms with van der Waals surface area (Å²) in [5, 5.41) is 21.6. The van der Waals surface area contributed by atoms with E-state index in [1.165, 1.54) is 0 Å². The van der Waals surface area contributed by atoms with Crippen molar-refractivity contribution in [3.8, 4) is 5.75 Å². The van der Waals surface area contributed by atoms with E-state index in [0.29, 0.717) is 70.0 Å². The predicted molar refractivity (Wildman–Crippen MR) is 215 cm³/mol. The number of aliphatic hydroxyl groups excluding tert-OH is 1. The number of carbonyl (C=O) groups excluding carboxylic acids is 3. The largest absolute Gasteiger partial charge is 0.497 e. The molecule has 0 saturated heterocycles. The van der Waals surface area contributed by atoms with Crippen molar-refractivity contribution in [2.24, 2.45) is 5.73 Å². The highest BCUT2D eigenvalue weighted by atomic mass is 16.5. The molecule has 3 amide bonds. The Hall–Kier alpha value is -5.15. The third-order valence-electron chi connectivity index (χ3n) is 8.97. The number of aliphatic hydroxyl groups is 1. The van der Waals surface area contributed by atoms with Crippen molar-refractivity contribution in [1.82, 2.24) is 16.0 Å². The number of hydrogen-bond donors (Lipinski definition) is 6. The molecule has 0 fully saturated rings. The van der Waals surface area contributed by atoms with Crippen LogP contribution in [0.25, 0.3) is 0 Å². The van der Waals surface area contributed by atoms with Gasteiger partial charge in [-0.15, -0.1) is 0 Å². The Labute approximate surface area is 329 Å². The molecule has 4 aromatic carbocycles. The second-order valence-corrected chi connectivity index (χ2v) is 13.0. The van der Waals surface area contributed by atoms with Gasteiger partial charge in [0, 0.05) is 18.8 Å². The SMILES string of the molecule is COc1ccc(C(NCCCC[C@H](NC(=O)COCC(=O)NCCOCCOCCN)C(=O)Nc2ccc(CO)cc2)(c2ccccc2)c2ccccc2)cc1. The Morgan fingerprint density at radius 2 is 1.30 bits per heavy atom. The van der Waals surface area contributed by atoms with Gasteiger partial charge in [-0.25, -0.2) is 0 Å². The molecular formula is C43H55N5O8. The van der Waals surface area contributed by atoms with Crippen LogP contribution in [0.4, 0.5) is 5.69 Å². The van der Waals surface area contributed by atoms with Crippen LogP contribution in [0, 0.1) is 0 Å². The number of benzene rings is 4. The highest BCUT2D eigenvalue weighted by Crippen LogP contribution is 2.37. The van der Waals surface area contributed by atoms with Crippen LogP contribution in [0.15, 0.2) is 109 Å². The zero-order valence-electron chi connectivity index (χ0n) is 32.0. The van der Waals surface area contributed by atoms with Crippen LogP contribution in [0.5, 0.6) is 5.75 Å². The summed E-state index contributed by atoms with van der Waals surface area (Å²) < 4.78 is 21.4. The second-order valence-electron chi connectivity index (χ2n) is 13.0. The summed E-state index contributed by atoms with van der Waals surface area (Å²) in [4.78, 5) is 38.7. The van der Waals surface area contributed by atoms with E-state index in [-0.39, 0.29) is 19.8 Å². The van der Waals surface area contributed by atoms with Gasteiger partial charge >= 0.3 is 0 Å². The van der Waals surface area contributed by atoms with E-state index < -0.39 is 35.9 Å². The summed E-state index contributed by atoms with van der Waals surface area (Å²) in [5.41, 5.74) is 9.10. The summed E-state index contributed by atoms with van der Waals surface area (Å²) in [6.45, 7) is 2.03. The number of ether oxygens (including phenoxy) is 4. The number of rotatable bonds is 26. The van der Waals surface area contributed by atoms with Gasteiger partial charge in [-0.2, -0.15) is 0 Å². The van der Waals surface area contributed by atoms with E-state index in [2.05, 4.69) is 57.7 Å². The molecule has 0 radical (unpaired) electrons. The van der Waals surface area contributed by atoms with E-state index in [1.807, 2.05) is 48.5 Å². The molecule has 0 aliphatic heterocycles. The lowest BCUT2D eigenvalue weighted by atomic mass is 9.77. The van der Waals surface area contributed by atoms with Crippen molar-refractivity contribution in [2.45, 2.75) is 37.5 Å². The van der Waals surface area contributed by atoms with E-state index in [9.17, 15) is 19.5 Å². The Bertz CT molecular complexity index is 1690. The first-order chi connectivity index (χ1) is 27.4. The van der Waals surface area contributed by atoms with E-state index in [1.54, 1.807) is 31.4 Å². The highest BCUT2D eigenvalue weighted by Gasteiger charge is 2.35. The van der Waals surface area contributed by atoms with Crippen molar-refractivity contribution in [1.29, 1.82) is 0 Å². The topological polar surface area (TPSA) is 182 Å². The van der Waals surface area contributed by atoms with Crippen molar-refractivity contribution in [3.05, 3.63) is 131 Å². The van der Waals surface area contributed by atoms with Crippen molar-refractivity contribution < 1.29 is 38.4 Å². The third kappa shape index (κ3) is 13.9. The van der Waals surface area contributed by atoms with Gasteiger partial charge in [0.1, 0.15) is 25.0 Å². The zero-order valence-corrected chi connectivity index (χ0v) is 32.0. The molecule has 0 unspecified atom stereocenters. The molecule has 300 valence electrons. The predicted octanol–water partition coefficient (Wildman–Crippen LogP) is 3.49. The lowest BCUT2D eigenvalue weighted by Crippen LogP contribution is -2.46. The number of hydrogen-bond acceptors (Lipinski definition) is 10. The van der Waals surface area contributed by atoms with Gasteiger partial charge in [0.05, 0.1) is 45.7 Å². The molecule has 0 aliphatic rings. The summed E-state index contributed by atoms with van der Waals surface area (Å²) >= 11 is 0. The number of methoxy groups -OCH3 is 1. The smallest absolute Gasteiger partial charge is 0.246 e. The average molecular weight is 770 g/mol. The Balaban J connectivity index is 1.37. The fourth-order valence-electron chi connectivity index (χ4n) is 6.16. The van der Waals surface area contributed by atoms with Crippen LogP contribution in [0.2, 0.25) is 0 Å². The van der Waals surface area contributed by atoms with E-state index >= 15 is 0 Å². The van der Waals surface area contributed by atoms with Gasteiger partial charge in [0.25, 0.3) is 0 Å². The summed E-state index contributed by atoms with van der Waals surface area (Å²) in [7, 11) is 1.65. The molecule has 56 heavy (non-hydrogen) atoms. The number of nitrogens with two attached hydrogens (primary N) is 1. The number of unbranched alkanes of at least 4 members (excludes halogenated alkanes) is 1. The molecule has 1 atom stereocenters. The van der Waals surface area contributed by atoms with Crippen LogP contribution >= 0.6 is 0 Å². The van der Waals surface area contributed by atoms with E-state index in [0.717, 1.165) is 22.4 Å². The van der Waals surface area contributed by atoms with Crippen LogP contribution in [-0.2, 0) is 40.7 Å². The molecule has 0 aromatic heterocycles. The van der Waals surface area contributed by atoms with Crippen molar-refractivity contribution in [2.75, 3.05) is 71.7 Å². The maximum absolute atomic E-state index is 13.5. The number of carbonyl (C=O) groups is 3. The molecule has 0 heterocycles. The average Bonchev–Trinajstić information content (AvgIpc) is 3.23. The Morgan fingerprint density at radius 1 is 0.696 bits per heavy atom. The first-order valence-electron chi connectivity index (χ1n) is 18.9. The summed E-state index contributed by atoms with van der Waals surface area (Å²) in [6, 6.07) is 34.5. The minimum Gasteiger partial charge on any atom is -0.497 e. The molecule has 0 spiro atoms. The van der Waals surface area contributed by atoms with Crippen molar-refractivity contribution >= 4 is 23.4 Å². The second kappa shape index (κ2) is 24.4.